The lowest BCUT2D eigenvalue weighted by Crippen LogP contribution is -2.38. The first kappa shape index (κ1) is 17.7. The smallest absolute Gasteiger partial charge is 0.449 e. The molecule has 2 heterocycles. The molecule has 6 heteroatoms. The largest absolute Gasteiger partial charge is 0.513 e. The van der Waals surface area contributed by atoms with Crippen LogP contribution in [0.1, 0.15) is 41.2 Å². The van der Waals surface area contributed by atoms with Crippen molar-refractivity contribution in [2.45, 2.75) is 25.8 Å². The first-order valence-corrected chi connectivity index (χ1v) is 8.21. The SMILES string of the molecule is C=Cc1ccc(C(=O)c2ccc3n2CC(C)C3(C)C(=O)OC(=O)O)cc1. The molecule has 1 aromatic heterocycles. The summed E-state index contributed by atoms with van der Waals surface area (Å²) in [6.45, 7) is 7.60. The molecule has 1 N–H and O–H groups in total. The van der Waals surface area contributed by atoms with E-state index in [1.165, 1.54) is 0 Å². The van der Waals surface area contributed by atoms with Gasteiger partial charge in [0.15, 0.2) is 0 Å². The van der Waals surface area contributed by atoms with Gasteiger partial charge in [-0.3, -0.25) is 9.59 Å². The minimum Gasteiger partial charge on any atom is -0.449 e. The number of benzene rings is 1. The third-order valence-electron chi connectivity index (χ3n) is 5.20. The van der Waals surface area contributed by atoms with Crippen LogP contribution in [0.15, 0.2) is 43.0 Å². The number of nitrogens with zero attached hydrogens (tertiary/aromatic N) is 1. The van der Waals surface area contributed by atoms with E-state index >= 15 is 0 Å². The van der Waals surface area contributed by atoms with Gasteiger partial charge in [0.2, 0.25) is 5.78 Å². The van der Waals surface area contributed by atoms with E-state index in [9.17, 15) is 14.4 Å². The third-order valence-corrected chi connectivity index (χ3v) is 5.20. The Labute approximate surface area is 150 Å². The summed E-state index contributed by atoms with van der Waals surface area (Å²) in [5.74, 6) is -1.20. The van der Waals surface area contributed by atoms with Gasteiger partial charge in [-0.2, -0.15) is 0 Å². The van der Waals surface area contributed by atoms with Gasteiger partial charge in [0, 0.05) is 17.8 Å². The van der Waals surface area contributed by atoms with E-state index in [1.54, 1.807) is 41.8 Å². The van der Waals surface area contributed by atoms with E-state index in [-0.39, 0.29) is 11.7 Å². The van der Waals surface area contributed by atoms with Gasteiger partial charge in [0.25, 0.3) is 0 Å². The van der Waals surface area contributed by atoms with Gasteiger partial charge in [0.05, 0.1) is 5.69 Å². The Bertz CT molecular complexity index is 909. The Morgan fingerprint density at radius 3 is 2.46 bits per heavy atom. The van der Waals surface area contributed by atoms with E-state index in [4.69, 9.17) is 5.11 Å². The number of esters is 1. The fraction of sp³-hybridized carbons (Fsp3) is 0.250. The molecule has 26 heavy (non-hydrogen) atoms. The molecule has 0 amide bonds. The van der Waals surface area contributed by atoms with E-state index in [0.29, 0.717) is 23.5 Å². The van der Waals surface area contributed by atoms with Crippen LogP contribution in [0, 0.1) is 5.92 Å². The third kappa shape index (κ3) is 2.63. The Morgan fingerprint density at radius 1 is 1.23 bits per heavy atom. The minimum absolute atomic E-state index is 0.157. The average Bonchev–Trinajstić information content (AvgIpc) is 3.13. The molecule has 0 saturated carbocycles. The second-order valence-electron chi connectivity index (χ2n) is 6.63. The van der Waals surface area contributed by atoms with Crippen molar-refractivity contribution in [2.24, 2.45) is 5.92 Å². The van der Waals surface area contributed by atoms with E-state index < -0.39 is 17.5 Å². The standard InChI is InChI=1S/C20H19NO5/c1-4-13-5-7-14(8-6-13)17(22)15-9-10-16-20(3,12(2)11-21(15)16)18(23)26-19(24)25/h4-10,12H,1,11H2,2-3H3,(H,24,25). The number of ether oxygens (including phenoxy) is 1. The first-order chi connectivity index (χ1) is 12.3. The summed E-state index contributed by atoms with van der Waals surface area (Å²) in [6.07, 6.45) is 0.0664. The number of ketones is 1. The minimum atomic E-state index is -1.63. The molecule has 0 saturated heterocycles. The second-order valence-corrected chi connectivity index (χ2v) is 6.63. The van der Waals surface area contributed by atoms with E-state index in [1.807, 2.05) is 19.1 Å². The summed E-state index contributed by atoms with van der Waals surface area (Å²) in [6, 6.07) is 10.4. The number of fused-ring (bicyclic) bond motifs is 1. The molecule has 0 aliphatic carbocycles. The van der Waals surface area contributed by atoms with E-state index in [0.717, 1.165) is 5.56 Å². The lowest BCUT2D eigenvalue weighted by molar-refractivity contribution is -0.146. The Hall–Kier alpha value is -3.15. The second kappa shape index (κ2) is 6.29. The summed E-state index contributed by atoms with van der Waals surface area (Å²) in [5, 5.41) is 8.77. The van der Waals surface area contributed by atoms with Crippen molar-refractivity contribution in [1.29, 1.82) is 0 Å². The monoisotopic (exact) mass is 353 g/mol. The van der Waals surface area contributed by atoms with Gasteiger partial charge >= 0.3 is 12.1 Å². The number of aromatic nitrogens is 1. The fourth-order valence-corrected chi connectivity index (χ4v) is 3.43. The maximum Gasteiger partial charge on any atom is 0.513 e. The molecule has 2 aromatic rings. The quantitative estimate of drug-likeness (QED) is 0.517. The highest BCUT2D eigenvalue weighted by Crippen LogP contribution is 2.42. The maximum atomic E-state index is 12.9. The molecule has 1 aliphatic rings. The van der Waals surface area contributed by atoms with Crippen molar-refractivity contribution in [3.8, 4) is 0 Å². The molecular formula is C20H19NO5. The lowest BCUT2D eigenvalue weighted by atomic mass is 9.78. The summed E-state index contributed by atoms with van der Waals surface area (Å²) < 4.78 is 6.19. The van der Waals surface area contributed by atoms with Crippen LogP contribution in [0.3, 0.4) is 0 Å². The molecule has 134 valence electrons. The van der Waals surface area contributed by atoms with Crippen LogP contribution in [0.4, 0.5) is 4.79 Å². The molecule has 3 rings (SSSR count). The zero-order valence-electron chi connectivity index (χ0n) is 14.6. The summed E-state index contributed by atoms with van der Waals surface area (Å²) in [5.41, 5.74) is 1.38. The maximum absolute atomic E-state index is 12.9. The molecule has 1 aromatic carbocycles. The molecule has 2 unspecified atom stereocenters. The molecule has 1 aliphatic heterocycles. The van der Waals surface area contributed by atoms with Crippen LogP contribution in [0.2, 0.25) is 0 Å². The number of carbonyl (C=O) groups is 3. The van der Waals surface area contributed by atoms with Crippen LogP contribution in [-0.2, 0) is 21.5 Å². The lowest BCUT2D eigenvalue weighted by Gasteiger charge is -2.24. The van der Waals surface area contributed by atoms with Crippen LogP contribution in [0.5, 0.6) is 0 Å². The number of rotatable bonds is 4. The summed E-state index contributed by atoms with van der Waals surface area (Å²) >= 11 is 0. The number of hydrogen-bond donors (Lipinski definition) is 1. The van der Waals surface area contributed by atoms with Crippen LogP contribution in [-0.4, -0.2) is 27.6 Å². The van der Waals surface area contributed by atoms with Crippen molar-refractivity contribution in [3.63, 3.8) is 0 Å². The van der Waals surface area contributed by atoms with Crippen molar-refractivity contribution in [2.75, 3.05) is 0 Å². The summed E-state index contributed by atoms with van der Waals surface area (Å²) in [4.78, 5) is 36.0. The average molecular weight is 353 g/mol. The molecule has 6 nitrogen and oxygen atoms in total. The highest BCUT2D eigenvalue weighted by atomic mass is 16.7. The number of carbonyl (C=O) groups excluding carboxylic acids is 2. The number of hydrogen-bond acceptors (Lipinski definition) is 4. The summed E-state index contributed by atoms with van der Waals surface area (Å²) in [7, 11) is 0. The van der Waals surface area contributed by atoms with Gasteiger partial charge in [-0.25, -0.2) is 4.79 Å². The van der Waals surface area contributed by atoms with Crippen molar-refractivity contribution in [1.82, 2.24) is 4.57 Å². The van der Waals surface area contributed by atoms with Gasteiger partial charge in [-0.1, -0.05) is 43.8 Å². The molecule has 0 spiro atoms. The Morgan fingerprint density at radius 2 is 1.88 bits per heavy atom. The highest BCUT2D eigenvalue weighted by Gasteiger charge is 2.50. The van der Waals surface area contributed by atoms with Gasteiger partial charge in [0.1, 0.15) is 5.41 Å². The predicted molar refractivity (Wildman–Crippen MR) is 95.0 cm³/mol. The zero-order valence-corrected chi connectivity index (χ0v) is 14.6. The molecule has 2 atom stereocenters. The van der Waals surface area contributed by atoms with E-state index in [2.05, 4.69) is 11.3 Å². The van der Waals surface area contributed by atoms with Crippen LogP contribution >= 0.6 is 0 Å². The van der Waals surface area contributed by atoms with Crippen LogP contribution in [0.25, 0.3) is 6.08 Å². The normalized spacial score (nSPS) is 21.1. The van der Waals surface area contributed by atoms with Crippen molar-refractivity contribution >= 4 is 24.0 Å². The van der Waals surface area contributed by atoms with Crippen molar-refractivity contribution in [3.05, 3.63) is 65.5 Å². The fourth-order valence-electron chi connectivity index (χ4n) is 3.43. The van der Waals surface area contributed by atoms with Gasteiger partial charge < -0.3 is 14.4 Å². The Balaban J connectivity index is 1.98. The topological polar surface area (TPSA) is 85.6 Å². The molecular weight excluding hydrogens is 334 g/mol. The molecule has 0 radical (unpaired) electrons. The first-order valence-electron chi connectivity index (χ1n) is 8.21. The molecule has 0 fully saturated rings. The highest BCUT2D eigenvalue weighted by molar-refractivity contribution is 6.08. The van der Waals surface area contributed by atoms with Crippen molar-refractivity contribution < 1.29 is 24.2 Å². The van der Waals surface area contributed by atoms with Crippen LogP contribution < -0.4 is 0 Å². The van der Waals surface area contributed by atoms with Gasteiger partial charge in [-0.05, 0) is 30.5 Å². The predicted octanol–water partition coefficient (Wildman–Crippen LogP) is 3.49. The number of carboxylic acid groups (broad SMARTS) is 1. The van der Waals surface area contributed by atoms with Gasteiger partial charge in [-0.15, -0.1) is 0 Å². The zero-order chi connectivity index (χ0) is 19.1. The Kier molecular flexibility index (Phi) is 4.28. The molecule has 0 bridgehead atoms.